The van der Waals surface area contributed by atoms with Gasteiger partial charge in [-0.2, -0.15) is 0 Å². The third-order valence-corrected chi connectivity index (χ3v) is 3.38. The van der Waals surface area contributed by atoms with E-state index in [4.69, 9.17) is 5.73 Å². The van der Waals surface area contributed by atoms with Gasteiger partial charge in [0, 0.05) is 23.9 Å². The standard InChI is InChI=1S/C11H17N3O2S/c1-7(2)8-6-13-11(17-8)14-10(16)5-3-4-9(12)15/h6-7H,3-5H2,1-2H3,(H2,12,15)(H,13,14,16). The van der Waals surface area contributed by atoms with Crippen LogP contribution in [0, 0.1) is 0 Å². The third kappa shape index (κ3) is 4.95. The van der Waals surface area contributed by atoms with Crippen molar-refractivity contribution >= 4 is 28.3 Å². The Labute approximate surface area is 104 Å². The molecule has 3 N–H and O–H groups in total. The maximum Gasteiger partial charge on any atom is 0.226 e. The maximum absolute atomic E-state index is 11.5. The van der Waals surface area contributed by atoms with E-state index < -0.39 is 0 Å². The van der Waals surface area contributed by atoms with Gasteiger partial charge in [0.25, 0.3) is 0 Å². The first kappa shape index (κ1) is 13.6. The molecule has 0 bridgehead atoms. The lowest BCUT2D eigenvalue weighted by atomic mass is 10.2. The van der Waals surface area contributed by atoms with Crippen LogP contribution in [0.3, 0.4) is 0 Å². The molecule has 17 heavy (non-hydrogen) atoms. The van der Waals surface area contributed by atoms with E-state index in [1.807, 2.05) is 0 Å². The Kier molecular flexibility index (Phi) is 5.09. The molecular weight excluding hydrogens is 238 g/mol. The maximum atomic E-state index is 11.5. The van der Waals surface area contributed by atoms with Gasteiger partial charge in [0.15, 0.2) is 5.13 Å². The number of primary amides is 1. The summed E-state index contributed by atoms with van der Waals surface area (Å²) >= 11 is 1.47. The molecule has 1 aromatic rings. The fraction of sp³-hybridized carbons (Fsp3) is 0.545. The number of hydrogen-bond acceptors (Lipinski definition) is 4. The van der Waals surface area contributed by atoms with E-state index in [9.17, 15) is 9.59 Å². The average molecular weight is 255 g/mol. The third-order valence-electron chi connectivity index (χ3n) is 2.17. The van der Waals surface area contributed by atoms with E-state index in [-0.39, 0.29) is 18.2 Å². The number of nitrogens with two attached hydrogens (primary N) is 1. The molecule has 5 nitrogen and oxygen atoms in total. The Hall–Kier alpha value is -1.43. The summed E-state index contributed by atoms with van der Waals surface area (Å²) in [4.78, 5) is 27.2. The van der Waals surface area contributed by atoms with E-state index in [0.717, 1.165) is 4.88 Å². The summed E-state index contributed by atoms with van der Waals surface area (Å²) < 4.78 is 0. The zero-order valence-electron chi connectivity index (χ0n) is 10.0. The van der Waals surface area contributed by atoms with Crippen molar-refractivity contribution < 1.29 is 9.59 Å². The molecule has 0 saturated heterocycles. The summed E-state index contributed by atoms with van der Waals surface area (Å²) in [7, 11) is 0. The second-order valence-electron chi connectivity index (χ2n) is 4.09. The Morgan fingerprint density at radius 1 is 1.47 bits per heavy atom. The smallest absolute Gasteiger partial charge is 0.226 e. The SMILES string of the molecule is CC(C)c1cnc(NC(=O)CCCC(N)=O)s1. The van der Waals surface area contributed by atoms with Gasteiger partial charge in [-0.1, -0.05) is 13.8 Å². The van der Waals surface area contributed by atoms with Gasteiger partial charge in [-0.15, -0.1) is 11.3 Å². The number of rotatable bonds is 6. The van der Waals surface area contributed by atoms with Crippen molar-refractivity contribution in [3.8, 4) is 0 Å². The molecule has 1 rings (SSSR count). The highest BCUT2D eigenvalue weighted by molar-refractivity contribution is 7.15. The number of carbonyl (C=O) groups is 2. The first-order valence-electron chi connectivity index (χ1n) is 5.53. The van der Waals surface area contributed by atoms with E-state index >= 15 is 0 Å². The number of hydrogen-bond donors (Lipinski definition) is 2. The quantitative estimate of drug-likeness (QED) is 0.813. The molecule has 6 heteroatoms. The molecule has 0 aliphatic heterocycles. The summed E-state index contributed by atoms with van der Waals surface area (Å²) in [6.07, 6.45) is 2.78. The van der Waals surface area contributed by atoms with Crippen molar-refractivity contribution in [2.75, 3.05) is 5.32 Å². The van der Waals surface area contributed by atoms with Crippen LogP contribution in [0.2, 0.25) is 0 Å². The fourth-order valence-corrected chi connectivity index (χ4v) is 2.05. The van der Waals surface area contributed by atoms with Gasteiger partial charge >= 0.3 is 0 Å². The molecule has 1 aromatic heterocycles. The predicted molar refractivity (Wildman–Crippen MR) is 67.9 cm³/mol. The van der Waals surface area contributed by atoms with E-state index in [1.54, 1.807) is 6.20 Å². The van der Waals surface area contributed by atoms with Gasteiger partial charge in [0.1, 0.15) is 0 Å². The van der Waals surface area contributed by atoms with Gasteiger partial charge in [0.2, 0.25) is 11.8 Å². The predicted octanol–water partition coefficient (Wildman–Crippen LogP) is 1.86. The molecule has 0 unspecified atom stereocenters. The number of thiazole rings is 1. The first-order valence-corrected chi connectivity index (χ1v) is 6.34. The summed E-state index contributed by atoms with van der Waals surface area (Å²) in [5.74, 6) is -0.0990. The summed E-state index contributed by atoms with van der Waals surface area (Å²) in [6.45, 7) is 4.15. The number of aromatic nitrogens is 1. The van der Waals surface area contributed by atoms with Crippen LogP contribution in [0.25, 0.3) is 0 Å². The minimum atomic E-state index is -0.380. The number of nitrogens with one attached hydrogen (secondary N) is 1. The molecule has 0 atom stereocenters. The summed E-state index contributed by atoms with van der Waals surface area (Å²) in [6, 6.07) is 0. The first-order chi connectivity index (χ1) is 7.99. The van der Waals surface area contributed by atoms with Gasteiger partial charge in [-0.3, -0.25) is 9.59 Å². The van der Waals surface area contributed by atoms with Gasteiger partial charge < -0.3 is 11.1 Å². The monoisotopic (exact) mass is 255 g/mol. The average Bonchev–Trinajstić information content (AvgIpc) is 2.65. The molecule has 0 aromatic carbocycles. The Morgan fingerprint density at radius 3 is 2.71 bits per heavy atom. The molecule has 0 aliphatic carbocycles. The molecule has 0 fully saturated rings. The normalized spacial score (nSPS) is 10.5. The second-order valence-corrected chi connectivity index (χ2v) is 5.15. The van der Waals surface area contributed by atoms with Crippen LogP contribution in [0.4, 0.5) is 5.13 Å². The minimum Gasteiger partial charge on any atom is -0.370 e. The van der Waals surface area contributed by atoms with Crippen LogP contribution < -0.4 is 11.1 Å². The molecule has 0 saturated carbocycles. The highest BCUT2D eigenvalue weighted by atomic mass is 32.1. The van der Waals surface area contributed by atoms with Crippen molar-refractivity contribution in [3.63, 3.8) is 0 Å². The van der Waals surface area contributed by atoms with Gasteiger partial charge in [-0.25, -0.2) is 4.98 Å². The van der Waals surface area contributed by atoms with Crippen molar-refractivity contribution in [2.45, 2.75) is 39.0 Å². The fourth-order valence-electron chi connectivity index (χ4n) is 1.22. The highest BCUT2D eigenvalue weighted by Gasteiger charge is 2.08. The van der Waals surface area contributed by atoms with E-state index in [1.165, 1.54) is 11.3 Å². The van der Waals surface area contributed by atoms with Crippen LogP contribution in [-0.2, 0) is 9.59 Å². The van der Waals surface area contributed by atoms with Crippen molar-refractivity contribution in [3.05, 3.63) is 11.1 Å². The van der Waals surface area contributed by atoms with E-state index in [2.05, 4.69) is 24.1 Å². The lowest BCUT2D eigenvalue weighted by Crippen LogP contribution is -2.14. The second kappa shape index (κ2) is 6.34. The Balaban J connectivity index is 2.37. The lowest BCUT2D eigenvalue weighted by molar-refractivity contribution is -0.118. The number of anilines is 1. The minimum absolute atomic E-state index is 0.129. The van der Waals surface area contributed by atoms with Crippen LogP contribution >= 0.6 is 11.3 Å². The largest absolute Gasteiger partial charge is 0.370 e. The molecule has 0 spiro atoms. The molecule has 94 valence electrons. The van der Waals surface area contributed by atoms with Gasteiger partial charge in [0.05, 0.1) is 0 Å². The molecule has 0 radical (unpaired) electrons. The lowest BCUT2D eigenvalue weighted by Gasteiger charge is -2.00. The topological polar surface area (TPSA) is 85.1 Å². The van der Waals surface area contributed by atoms with Crippen LogP contribution in [0.5, 0.6) is 0 Å². The molecule has 1 heterocycles. The van der Waals surface area contributed by atoms with Crippen LogP contribution in [-0.4, -0.2) is 16.8 Å². The number of nitrogens with zero attached hydrogens (tertiary/aromatic N) is 1. The highest BCUT2D eigenvalue weighted by Crippen LogP contribution is 2.25. The van der Waals surface area contributed by atoms with Crippen molar-refractivity contribution in [1.29, 1.82) is 0 Å². The van der Waals surface area contributed by atoms with Gasteiger partial charge in [-0.05, 0) is 12.3 Å². The van der Waals surface area contributed by atoms with E-state index in [0.29, 0.717) is 23.9 Å². The van der Waals surface area contributed by atoms with Crippen LogP contribution in [0.15, 0.2) is 6.20 Å². The molecular formula is C11H17N3O2S. The zero-order chi connectivity index (χ0) is 12.8. The number of carbonyl (C=O) groups excluding carboxylic acids is 2. The summed E-state index contributed by atoms with van der Waals surface area (Å²) in [5, 5.41) is 3.32. The van der Waals surface area contributed by atoms with Crippen molar-refractivity contribution in [2.24, 2.45) is 5.73 Å². The number of amides is 2. The van der Waals surface area contributed by atoms with Crippen LogP contribution in [0.1, 0.15) is 43.9 Å². The Bertz CT molecular complexity index is 401. The summed E-state index contributed by atoms with van der Waals surface area (Å²) in [5.41, 5.74) is 4.99. The molecule has 0 aliphatic rings. The molecule has 2 amide bonds. The van der Waals surface area contributed by atoms with Crippen molar-refractivity contribution in [1.82, 2.24) is 4.98 Å². The zero-order valence-corrected chi connectivity index (χ0v) is 10.8. The Morgan fingerprint density at radius 2 is 2.18 bits per heavy atom.